The number of ether oxygens (including phenoxy) is 1. The van der Waals surface area contributed by atoms with E-state index in [4.69, 9.17) is 4.74 Å². The third-order valence-electron chi connectivity index (χ3n) is 4.81. The number of halogens is 1. The first-order valence-electron chi connectivity index (χ1n) is 7.74. The quantitative estimate of drug-likeness (QED) is 0.739. The molecular formula is C19H21FO. The highest BCUT2D eigenvalue weighted by atomic mass is 19.1. The van der Waals surface area contributed by atoms with E-state index in [-0.39, 0.29) is 11.2 Å². The molecule has 0 unspecified atom stereocenters. The molecule has 1 aliphatic carbocycles. The molecule has 0 bridgehead atoms. The number of hydrogen-bond acceptors (Lipinski definition) is 1. The average Bonchev–Trinajstić information content (AvgIpc) is 2.77. The Kier molecular flexibility index (Phi) is 3.48. The minimum Gasteiger partial charge on any atom is -0.494 e. The first kappa shape index (κ1) is 14.1. The molecule has 0 atom stereocenters. The first-order chi connectivity index (χ1) is 10.2. The number of rotatable bonds is 4. The fourth-order valence-corrected chi connectivity index (χ4v) is 3.72. The van der Waals surface area contributed by atoms with E-state index in [0.717, 1.165) is 29.7 Å². The van der Waals surface area contributed by atoms with Crippen molar-refractivity contribution in [2.24, 2.45) is 0 Å². The van der Waals surface area contributed by atoms with E-state index in [0.29, 0.717) is 6.61 Å². The highest BCUT2D eigenvalue weighted by Gasteiger charge is 2.40. The lowest BCUT2D eigenvalue weighted by Crippen LogP contribution is -2.23. The van der Waals surface area contributed by atoms with E-state index in [2.05, 4.69) is 26.0 Å². The number of fused-ring (bicyclic) bond motifs is 3. The summed E-state index contributed by atoms with van der Waals surface area (Å²) in [5, 5.41) is 0. The van der Waals surface area contributed by atoms with Crippen LogP contribution >= 0.6 is 0 Å². The van der Waals surface area contributed by atoms with E-state index < -0.39 is 0 Å². The highest BCUT2D eigenvalue weighted by molar-refractivity contribution is 5.81. The van der Waals surface area contributed by atoms with Crippen LogP contribution in [0.5, 0.6) is 5.75 Å². The van der Waals surface area contributed by atoms with Crippen LogP contribution in [0, 0.1) is 5.82 Å². The number of hydrogen-bond donors (Lipinski definition) is 0. The Balaban J connectivity index is 2.27. The van der Waals surface area contributed by atoms with Gasteiger partial charge in [0.25, 0.3) is 0 Å². The highest BCUT2D eigenvalue weighted by Crippen LogP contribution is 2.53. The number of benzene rings is 2. The Labute approximate surface area is 125 Å². The molecule has 0 fully saturated rings. The van der Waals surface area contributed by atoms with Gasteiger partial charge in [0.15, 0.2) is 0 Å². The molecule has 0 N–H and O–H groups in total. The summed E-state index contributed by atoms with van der Waals surface area (Å²) in [7, 11) is 0. The Hall–Kier alpha value is -1.83. The summed E-state index contributed by atoms with van der Waals surface area (Å²) in [5.74, 6) is 0.729. The molecule has 0 saturated carbocycles. The molecule has 2 heteroatoms. The molecule has 1 aliphatic rings. The predicted molar refractivity (Wildman–Crippen MR) is 84.4 cm³/mol. The zero-order chi connectivity index (χ0) is 15.0. The fraction of sp³-hybridized carbons (Fsp3) is 0.368. The van der Waals surface area contributed by atoms with Crippen LogP contribution in [0.15, 0.2) is 36.4 Å². The van der Waals surface area contributed by atoms with Gasteiger partial charge in [-0.25, -0.2) is 4.39 Å². The molecule has 0 aromatic heterocycles. The molecule has 1 nitrogen and oxygen atoms in total. The topological polar surface area (TPSA) is 9.23 Å². The van der Waals surface area contributed by atoms with Crippen molar-refractivity contribution in [1.82, 2.24) is 0 Å². The van der Waals surface area contributed by atoms with Crippen LogP contribution in [-0.2, 0) is 5.41 Å². The van der Waals surface area contributed by atoms with Gasteiger partial charge in [0.05, 0.1) is 6.61 Å². The summed E-state index contributed by atoms with van der Waals surface area (Å²) in [6, 6.07) is 11.4. The molecule has 0 radical (unpaired) electrons. The zero-order valence-corrected chi connectivity index (χ0v) is 12.9. The Morgan fingerprint density at radius 1 is 0.905 bits per heavy atom. The third-order valence-corrected chi connectivity index (χ3v) is 4.81. The second kappa shape index (κ2) is 5.18. The van der Waals surface area contributed by atoms with Gasteiger partial charge in [0, 0.05) is 5.41 Å². The van der Waals surface area contributed by atoms with Crippen molar-refractivity contribution in [1.29, 1.82) is 0 Å². The van der Waals surface area contributed by atoms with Crippen LogP contribution in [-0.4, -0.2) is 6.61 Å². The molecule has 0 saturated heterocycles. The minimum absolute atomic E-state index is 0.0223. The summed E-state index contributed by atoms with van der Waals surface area (Å²) < 4.78 is 19.4. The predicted octanol–water partition coefficient (Wildman–Crippen LogP) is 5.31. The maximum Gasteiger partial charge on any atom is 0.123 e. The molecule has 0 spiro atoms. The lowest BCUT2D eigenvalue weighted by atomic mass is 9.74. The molecule has 21 heavy (non-hydrogen) atoms. The van der Waals surface area contributed by atoms with Crippen molar-refractivity contribution < 1.29 is 9.13 Å². The summed E-state index contributed by atoms with van der Waals surface area (Å²) in [4.78, 5) is 0. The Morgan fingerprint density at radius 3 is 2.33 bits per heavy atom. The summed E-state index contributed by atoms with van der Waals surface area (Å²) in [6.45, 7) is 7.06. The van der Waals surface area contributed by atoms with Crippen molar-refractivity contribution in [2.45, 2.75) is 39.0 Å². The molecule has 3 rings (SSSR count). The third kappa shape index (κ3) is 1.97. The Bertz CT molecular complexity index is 671. The van der Waals surface area contributed by atoms with Crippen LogP contribution < -0.4 is 4.74 Å². The van der Waals surface area contributed by atoms with Gasteiger partial charge in [0.2, 0.25) is 0 Å². The SMILES string of the molecule is CCOc1ccc2c(c1)C(CC)(CC)c1ccc(F)cc1-2. The maximum absolute atomic E-state index is 13.7. The summed E-state index contributed by atoms with van der Waals surface area (Å²) >= 11 is 0. The van der Waals surface area contributed by atoms with Gasteiger partial charge in [-0.1, -0.05) is 26.0 Å². The Morgan fingerprint density at radius 2 is 1.67 bits per heavy atom. The van der Waals surface area contributed by atoms with Crippen LogP contribution in [0.25, 0.3) is 11.1 Å². The zero-order valence-electron chi connectivity index (χ0n) is 12.9. The minimum atomic E-state index is -0.170. The molecule has 110 valence electrons. The fourth-order valence-electron chi connectivity index (χ4n) is 3.72. The molecule has 2 aromatic carbocycles. The molecule has 2 aromatic rings. The largest absolute Gasteiger partial charge is 0.494 e. The summed E-state index contributed by atoms with van der Waals surface area (Å²) in [5.41, 5.74) is 4.69. The first-order valence-corrected chi connectivity index (χ1v) is 7.74. The van der Waals surface area contributed by atoms with E-state index in [1.54, 1.807) is 12.1 Å². The molecular weight excluding hydrogens is 263 g/mol. The van der Waals surface area contributed by atoms with E-state index in [9.17, 15) is 4.39 Å². The van der Waals surface area contributed by atoms with Crippen molar-refractivity contribution in [3.8, 4) is 16.9 Å². The average molecular weight is 284 g/mol. The van der Waals surface area contributed by atoms with Gasteiger partial charge in [-0.2, -0.15) is 0 Å². The van der Waals surface area contributed by atoms with Gasteiger partial charge in [0.1, 0.15) is 11.6 Å². The maximum atomic E-state index is 13.7. The van der Waals surface area contributed by atoms with Gasteiger partial charge in [-0.15, -0.1) is 0 Å². The van der Waals surface area contributed by atoms with Crippen LogP contribution in [0.4, 0.5) is 4.39 Å². The van der Waals surface area contributed by atoms with Crippen LogP contribution in [0.1, 0.15) is 44.7 Å². The lowest BCUT2D eigenvalue weighted by Gasteiger charge is -2.29. The van der Waals surface area contributed by atoms with Crippen molar-refractivity contribution in [3.63, 3.8) is 0 Å². The van der Waals surface area contributed by atoms with Crippen LogP contribution in [0.3, 0.4) is 0 Å². The van der Waals surface area contributed by atoms with E-state index in [1.807, 2.05) is 19.1 Å². The summed E-state index contributed by atoms with van der Waals surface area (Å²) in [6.07, 6.45) is 2.01. The van der Waals surface area contributed by atoms with Crippen molar-refractivity contribution in [2.75, 3.05) is 6.61 Å². The molecule has 0 amide bonds. The molecule has 0 aliphatic heterocycles. The lowest BCUT2D eigenvalue weighted by molar-refractivity contribution is 0.339. The smallest absolute Gasteiger partial charge is 0.123 e. The van der Waals surface area contributed by atoms with Gasteiger partial charge in [-0.05, 0) is 66.3 Å². The van der Waals surface area contributed by atoms with Gasteiger partial charge in [-0.3, -0.25) is 0 Å². The van der Waals surface area contributed by atoms with Crippen LogP contribution in [0.2, 0.25) is 0 Å². The standard InChI is InChI=1S/C19H21FO/c1-4-19(5-2)17-10-7-13(20)11-16(17)15-9-8-14(21-6-3)12-18(15)19/h7-12H,4-6H2,1-3H3. The van der Waals surface area contributed by atoms with E-state index >= 15 is 0 Å². The second-order valence-corrected chi connectivity index (χ2v) is 5.62. The monoisotopic (exact) mass is 284 g/mol. The van der Waals surface area contributed by atoms with Gasteiger partial charge >= 0.3 is 0 Å². The van der Waals surface area contributed by atoms with Crippen molar-refractivity contribution in [3.05, 3.63) is 53.3 Å². The van der Waals surface area contributed by atoms with Crippen molar-refractivity contribution >= 4 is 0 Å². The van der Waals surface area contributed by atoms with E-state index in [1.165, 1.54) is 11.1 Å². The second-order valence-electron chi connectivity index (χ2n) is 5.62. The van der Waals surface area contributed by atoms with Gasteiger partial charge < -0.3 is 4.74 Å². The molecule has 0 heterocycles. The normalized spacial score (nSPS) is 14.7.